The van der Waals surface area contributed by atoms with Crippen LogP contribution in [0.2, 0.25) is 0 Å². The van der Waals surface area contributed by atoms with E-state index in [0.717, 1.165) is 5.92 Å². The Morgan fingerprint density at radius 1 is 0.545 bits per heavy atom. The van der Waals surface area contributed by atoms with Gasteiger partial charge in [-0.2, -0.15) is 0 Å². The number of rotatable bonds is 12. The molecule has 1 fully saturated rings. The van der Waals surface area contributed by atoms with Crippen molar-refractivity contribution in [3.05, 3.63) is 91.0 Å². The summed E-state index contributed by atoms with van der Waals surface area (Å²) in [5.41, 5.74) is 0. The van der Waals surface area contributed by atoms with E-state index < -0.39 is 5.31 Å². The first-order valence-corrected chi connectivity index (χ1v) is 17.6. The van der Waals surface area contributed by atoms with Crippen molar-refractivity contribution in [2.45, 2.75) is 70.6 Å². The molecule has 0 radical (unpaired) electrons. The van der Waals surface area contributed by atoms with Crippen LogP contribution in [0.3, 0.4) is 0 Å². The fraction of sp³-hybridized carbons (Fsp3) is 0.419. The van der Waals surface area contributed by atoms with Crippen LogP contribution in [0.1, 0.15) is 70.6 Å². The monoisotopic (exact) mass is 522 g/mol. The second-order valence-electron chi connectivity index (χ2n) is 9.97. The Kier molecular flexibility index (Phi) is 8.84. The molecule has 4 rings (SSSR count). The van der Waals surface area contributed by atoms with E-state index in [1.165, 1.54) is 92.7 Å². The van der Waals surface area contributed by atoms with E-state index >= 15 is 0 Å². The zero-order valence-electron chi connectivity index (χ0n) is 20.0. The Bertz CT molecular complexity index is 849. The molecule has 33 heavy (non-hydrogen) atoms. The molecule has 0 bridgehead atoms. The van der Waals surface area contributed by atoms with Crippen LogP contribution in [-0.4, -0.2) is 6.16 Å². The third kappa shape index (κ3) is 5.63. The van der Waals surface area contributed by atoms with Crippen LogP contribution in [0.5, 0.6) is 0 Å². The molecule has 2 heteroatoms. The van der Waals surface area contributed by atoms with E-state index in [1.807, 2.05) is 0 Å². The van der Waals surface area contributed by atoms with Crippen LogP contribution in [0.15, 0.2) is 91.0 Å². The molecule has 1 aliphatic carbocycles. The van der Waals surface area contributed by atoms with Gasteiger partial charge in [0.05, 0.1) is 0 Å². The van der Waals surface area contributed by atoms with Gasteiger partial charge in [-0.05, 0) is 0 Å². The predicted octanol–water partition coefficient (Wildman–Crippen LogP) is 8.75. The molecule has 0 aromatic heterocycles. The van der Waals surface area contributed by atoms with E-state index in [0.29, 0.717) is 0 Å². The molecule has 0 spiro atoms. The van der Waals surface area contributed by atoms with Gasteiger partial charge in [-0.1, -0.05) is 0 Å². The normalized spacial score (nSPS) is 15.8. The van der Waals surface area contributed by atoms with E-state index in [9.17, 15) is 0 Å². The summed E-state index contributed by atoms with van der Waals surface area (Å²) in [5.74, 6) is 1.05. The van der Waals surface area contributed by atoms with E-state index in [4.69, 9.17) is 0 Å². The first-order chi connectivity index (χ1) is 16.2. The van der Waals surface area contributed by atoms with Crippen molar-refractivity contribution < 1.29 is 0 Å². The van der Waals surface area contributed by atoms with Gasteiger partial charge in [0.25, 0.3) is 0 Å². The Morgan fingerprint density at radius 3 is 1.39 bits per heavy atom. The number of halogens is 1. The van der Waals surface area contributed by atoms with E-state index in [1.54, 1.807) is 0 Å². The molecule has 0 unspecified atom stereocenters. The zero-order chi connectivity index (χ0) is 22.8. The van der Waals surface area contributed by atoms with Crippen LogP contribution in [0.25, 0.3) is 0 Å². The van der Waals surface area contributed by atoms with Crippen LogP contribution in [0, 0.1) is 5.92 Å². The van der Waals surface area contributed by atoms with Gasteiger partial charge < -0.3 is 0 Å². The SMILES string of the molecule is BrP(CCCCCCCCC1CCCC1)(c1ccccc1)(c1ccccc1)c1ccccc1. The summed E-state index contributed by atoms with van der Waals surface area (Å²) < 4.78 is 0. The number of unbranched alkanes of at least 4 members (excludes halogenated alkanes) is 5. The first kappa shape index (κ1) is 24.7. The third-order valence-corrected chi connectivity index (χ3v) is 17.8. The fourth-order valence-corrected chi connectivity index (χ4v) is 13.6. The van der Waals surface area contributed by atoms with Crippen molar-refractivity contribution in [2.75, 3.05) is 6.16 Å². The van der Waals surface area contributed by atoms with Crippen LogP contribution < -0.4 is 15.9 Å². The van der Waals surface area contributed by atoms with Crippen molar-refractivity contribution in [2.24, 2.45) is 5.92 Å². The predicted molar refractivity (Wildman–Crippen MR) is 153 cm³/mol. The van der Waals surface area contributed by atoms with Gasteiger partial charge in [-0.25, -0.2) is 0 Å². The van der Waals surface area contributed by atoms with Gasteiger partial charge in [-0.15, -0.1) is 0 Å². The molecule has 0 amide bonds. The molecule has 0 atom stereocenters. The minimum absolute atomic E-state index is 1.05. The van der Waals surface area contributed by atoms with Gasteiger partial charge in [-0.3, -0.25) is 0 Å². The molecule has 0 saturated heterocycles. The number of hydrogen-bond acceptors (Lipinski definition) is 0. The van der Waals surface area contributed by atoms with Gasteiger partial charge >= 0.3 is 210 Å². The second kappa shape index (κ2) is 11.8. The maximum atomic E-state index is 4.58. The van der Waals surface area contributed by atoms with Crippen molar-refractivity contribution in [1.29, 1.82) is 0 Å². The summed E-state index contributed by atoms with van der Waals surface area (Å²) in [6, 6.07) is 33.7. The van der Waals surface area contributed by atoms with Gasteiger partial charge in [0, 0.05) is 0 Å². The van der Waals surface area contributed by atoms with E-state index in [2.05, 4.69) is 106 Å². The Balaban J connectivity index is 1.48. The van der Waals surface area contributed by atoms with Crippen molar-refractivity contribution in [1.82, 2.24) is 0 Å². The fourth-order valence-electron chi connectivity index (χ4n) is 5.90. The van der Waals surface area contributed by atoms with Crippen molar-refractivity contribution >= 4 is 36.7 Å². The summed E-state index contributed by atoms with van der Waals surface area (Å²) in [7, 11) is 0. The molecular weight excluding hydrogens is 483 g/mol. The summed E-state index contributed by atoms with van der Waals surface area (Å²) in [4.78, 5) is 0. The average Bonchev–Trinajstić information content (AvgIpc) is 3.41. The molecule has 3 aromatic rings. The summed E-state index contributed by atoms with van der Waals surface area (Å²) in [6.45, 7) is 0. The van der Waals surface area contributed by atoms with Crippen molar-refractivity contribution in [3.8, 4) is 0 Å². The Labute approximate surface area is 209 Å². The molecule has 1 aliphatic rings. The third-order valence-electron chi connectivity index (χ3n) is 7.80. The molecule has 0 aliphatic heterocycles. The van der Waals surface area contributed by atoms with Crippen LogP contribution in [0.4, 0.5) is 0 Å². The van der Waals surface area contributed by atoms with Crippen LogP contribution >= 0.6 is 20.8 Å². The summed E-state index contributed by atoms with van der Waals surface area (Å²) in [6.07, 6.45) is 16.8. The minimum atomic E-state index is -2.72. The second-order valence-corrected chi connectivity index (χ2v) is 19.0. The molecule has 1 saturated carbocycles. The molecule has 0 nitrogen and oxygen atoms in total. The number of benzene rings is 3. The molecular formula is C31H40BrP. The Morgan fingerprint density at radius 2 is 0.939 bits per heavy atom. The topological polar surface area (TPSA) is 0 Å². The Hall–Kier alpha value is -1.43. The first-order valence-electron chi connectivity index (χ1n) is 13.1. The molecule has 3 aromatic carbocycles. The quantitative estimate of drug-likeness (QED) is 0.164. The molecule has 176 valence electrons. The van der Waals surface area contributed by atoms with E-state index in [-0.39, 0.29) is 0 Å². The molecule has 0 heterocycles. The summed E-state index contributed by atoms with van der Waals surface area (Å²) >= 11 is 4.58. The van der Waals surface area contributed by atoms with Gasteiger partial charge in [0.15, 0.2) is 0 Å². The zero-order valence-corrected chi connectivity index (χ0v) is 22.5. The molecule has 0 N–H and O–H groups in total. The summed E-state index contributed by atoms with van der Waals surface area (Å²) in [5, 5.41) is 1.61. The van der Waals surface area contributed by atoms with Crippen LogP contribution in [-0.2, 0) is 0 Å². The van der Waals surface area contributed by atoms with Gasteiger partial charge in [0.1, 0.15) is 0 Å². The average molecular weight is 524 g/mol. The van der Waals surface area contributed by atoms with Crippen molar-refractivity contribution in [3.63, 3.8) is 0 Å². The standard InChI is InChI=1S/C31H40BrP/c32-33(29-21-9-5-10-22-29,30-23-11-6-12-24-30,31-25-13-7-14-26-31)27-17-4-2-1-3-8-18-28-19-15-16-20-28/h5-7,9-14,21-26,28H,1-4,8,15-20,27H2. The maximum absolute atomic E-state index is 4.58. The number of hydrogen-bond donors (Lipinski definition) is 0. The van der Waals surface area contributed by atoms with Gasteiger partial charge in [0.2, 0.25) is 0 Å².